The molecule has 0 aliphatic rings. The molecule has 1 aromatic carbocycles. The number of rotatable bonds is 7. The molecule has 0 unspecified atom stereocenters. The van der Waals surface area contributed by atoms with Crippen molar-refractivity contribution in [3.63, 3.8) is 0 Å². The maximum absolute atomic E-state index is 11.8. The molecule has 4 nitrogen and oxygen atoms in total. The zero-order valence-electron chi connectivity index (χ0n) is 10.9. The van der Waals surface area contributed by atoms with Gasteiger partial charge in [-0.3, -0.25) is 0 Å². The van der Waals surface area contributed by atoms with Crippen molar-refractivity contribution >= 4 is 15.7 Å². The Hall–Kier alpha value is -1.36. The molecule has 0 heterocycles. The van der Waals surface area contributed by atoms with Crippen LogP contribution in [0.2, 0.25) is 0 Å². The molecule has 1 rings (SSSR count). The lowest BCUT2D eigenvalue weighted by atomic mass is 10.1. The maximum atomic E-state index is 11.8. The average Bonchev–Trinajstić information content (AvgIpc) is 2.38. The van der Waals surface area contributed by atoms with Crippen LogP contribution in [0.4, 0.5) is 0 Å². The number of benzene rings is 1. The van der Waals surface area contributed by atoms with Crippen LogP contribution in [0.5, 0.6) is 0 Å². The van der Waals surface area contributed by atoms with Crippen LogP contribution in [0.1, 0.15) is 39.5 Å². The van der Waals surface area contributed by atoms with Crippen LogP contribution in [-0.4, -0.2) is 14.1 Å². The molecule has 0 spiro atoms. The third-order valence-electron chi connectivity index (χ3n) is 2.55. The number of nitrogens with one attached hydrogen (secondary N) is 1. The van der Waals surface area contributed by atoms with Crippen molar-refractivity contribution < 1.29 is 8.42 Å². The van der Waals surface area contributed by atoms with Gasteiger partial charge in [0.05, 0.1) is 4.90 Å². The number of sulfonamides is 1. The normalized spacial score (nSPS) is 12.4. The predicted molar refractivity (Wildman–Crippen MR) is 74.0 cm³/mol. The van der Waals surface area contributed by atoms with E-state index in [1.807, 2.05) is 6.92 Å². The second kappa shape index (κ2) is 7.16. The fourth-order valence-corrected chi connectivity index (χ4v) is 2.37. The maximum Gasteiger partial charge on any atom is 0.276 e. The molecule has 1 N–H and O–H groups in total. The molecular weight excluding hydrogens is 248 g/mol. The first-order valence-corrected chi connectivity index (χ1v) is 7.64. The van der Waals surface area contributed by atoms with E-state index < -0.39 is 10.0 Å². The van der Waals surface area contributed by atoms with Crippen LogP contribution in [0.25, 0.3) is 0 Å². The Bertz CT molecular complexity index is 481. The number of hydrogen-bond acceptors (Lipinski definition) is 3. The summed E-state index contributed by atoms with van der Waals surface area (Å²) in [5.74, 6) is 0. The lowest BCUT2D eigenvalue weighted by molar-refractivity contribution is 0.584. The summed E-state index contributed by atoms with van der Waals surface area (Å²) in [5, 5.41) is 3.92. The summed E-state index contributed by atoms with van der Waals surface area (Å²) in [5.41, 5.74) is 0.808. The zero-order chi connectivity index (χ0) is 13.4. The van der Waals surface area contributed by atoms with Crippen LogP contribution in [0.15, 0.2) is 40.3 Å². The van der Waals surface area contributed by atoms with Gasteiger partial charge in [0.15, 0.2) is 0 Å². The molecule has 0 aliphatic heterocycles. The average molecular weight is 268 g/mol. The van der Waals surface area contributed by atoms with Gasteiger partial charge in [0.1, 0.15) is 0 Å². The third kappa shape index (κ3) is 4.87. The summed E-state index contributed by atoms with van der Waals surface area (Å²) in [4.78, 5) is 2.49. The Kier molecular flexibility index (Phi) is 5.85. The highest BCUT2D eigenvalue weighted by atomic mass is 32.2. The molecule has 0 radical (unpaired) electrons. The molecule has 0 aliphatic carbocycles. The lowest BCUT2D eigenvalue weighted by Crippen LogP contribution is -2.19. The largest absolute Gasteiger partial charge is 0.276 e. The summed E-state index contributed by atoms with van der Waals surface area (Å²) in [6.07, 6.45) is 4.14. The van der Waals surface area contributed by atoms with E-state index in [-0.39, 0.29) is 4.90 Å². The van der Waals surface area contributed by atoms with E-state index in [2.05, 4.69) is 16.9 Å². The Morgan fingerprint density at radius 3 is 2.50 bits per heavy atom. The van der Waals surface area contributed by atoms with Gasteiger partial charge in [-0.25, -0.2) is 4.83 Å². The first-order chi connectivity index (χ1) is 8.56. The Balaban J connectivity index is 2.59. The van der Waals surface area contributed by atoms with Gasteiger partial charge in [0.25, 0.3) is 10.0 Å². The van der Waals surface area contributed by atoms with E-state index in [9.17, 15) is 8.42 Å². The van der Waals surface area contributed by atoms with Crippen molar-refractivity contribution in [2.75, 3.05) is 0 Å². The number of nitrogens with zero attached hydrogens (tertiary/aromatic N) is 1. The molecule has 0 bridgehead atoms. The molecule has 0 fully saturated rings. The Morgan fingerprint density at radius 2 is 1.89 bits per heavy atom. The smallest absolute Gasteiger partial charge is 0.200 e. The molecule has 0 saturated carbocycles. The summed E-state index contributed by atoms with van der Waals surface area (Å²) in [7, 11) is -3.52. The second-order valence-corrected chi connectivity index (χ2v) is 5.87. The van der Waals surface area contributed by atoms with Crippen molar-refractivity contribution in [3.8, 4) is 0 Å². The lowest BCUT2D eigenvalue weighted by Gasteiger charge is -2.04. The fraction of sp³-hybridized carbons (Fsp3) is 0.462. The molecular formula is C13H20N2O2S. The van der Waals surface area contributed by atoms with Crippen LogP contribution < -0.4 is 4.83 Å². The van der Waals surface area contributed by atoms with Gasteiger partial charge < -0.3 is 0 Å². The molecule has 0 saturated heterocycles. The van der Waals surface area contributed by atoms with E-state index in [0.29, 0.717) is 0 Å². The SMILES string of the molecule is CCCCC/C(C)=N\NS(=O)(=O)c1ccccc1. The molecule has 5 heteroatoms. The molecule has 0 amide bonds. The minimum absolute atomic E-state index is 0.232. The predicted octanol–water partition coefficient (Wildman–Crippen LogP) is 2.92. The summed E-state index contributed by atoms with van der Waals surface area (Å²) in [6, 6.07) is 8.24. The number of hydrogen-bond donors (Lipinski definition) is 1. The second-order valence-electron chi connectivity index (χ2n) is 4.21. The van der Waals surface area contributed by atoms with E-state index in [0.717, 1.165) is 31.4 Å². The van der Waals surface area contributed by atoms with Gasteiger partial charge in [-0.05, 0) is 31.9 Å². The molecule has 18 heavy (non-hydrogen) atoms. The molecule has 100 valence electrons. The standard InChI is InChI=1S/C13H20N2O2S/c1-3-4-6-9-12(2)14-15-18(16,17)13-10-7-5-8-11-13/h5,7-8,10-11,15H,3-4,6,9H2,1-2H3/b14-12-. The van der Waals surface area contributed by atoms with Crippen LogP contribution in [-0.2, 0) is 10.0 Å². The zero-order valence-corrected chi connectivity index (χ0v) is 11.7. The van der Waals surface area contributed by atoms with E-state index in [1.54, 1.807) is 30.3 Å². The Labute approximate surface area is 109 Å². The van der Waals surface area contributed by atoms with Crippen LogP contribution >= 0.6 is 0 Å². The van der Waals surface area contributed by atoms with Gasteiger partial charge in [-0.15, -0.1) is 0 Å². The van der Waals surface area contributed by atoms with Gasteiger partial charge in [-0.1, -0.05) is 38.0 Å². The van der Waals surface area contributed by atoms with Gasteiger partial charge in [0.2, 0.25) is 0 Å². The van der Waals surface area contributed by atoms with E-state index in [4.69, 9.17) is 0 Å². The van der Waals surface area contributed by atoms with E-state index in [1.165, 1.54) is 0 Å². The van der Waals surface area contributed by atoms with Crippen LogP contribution in [0, 0.1) is 0 Å². The quantitative estimate of drug-likeness (QED) is 0.469. The first-order valence-electron chi connectivity index (χ1n) is 6.16. The van der Waals surface area contributed by atoms with Gasteiger partial charge in [-0.2, -0.15) is 13.5 Å². The highest BCUT2D eigenvalue weighted by Crippen LogP contribution is 2.07. The number of unbranched alkanes of at least 4 members (excludes halogenated alkanes) is 2. The van der Waals surface area contributed by atoms with Crippen LogP contribution in [0.3, 0.4) is 0 Å². The monoisotopic (exact) mass is 268 g/mol. The summed E-state index contributed by atoms with van der Waals surface area (Å²) >= 11 is 0. The Morgan fingerprint density at radius 1 is 1.22 bits per heavy atom. The molecule has 0 atom stereocenters. The van der Waals surface area contributed by atoms with Gasteiger partial charge >= 0.3 is 0 Å². The minimum atomic E-state index is -3.52. The van der Waals surface area contributed by atoms with Crippen molar-refractivity contribution in [2.24, 2.45) is 5.10 Å². The highest BCUT2D eigenvalue weighted by molar-refractivity contribution is 7.89. The fourth-order valence-electron chi connectivity index (χ4n) is 1.48. The van der Waals surface area contributed by atoms with Crippen molar-refractivity contribution in [1.82, 2.24) is 4.83 Å². The van der Waals surface area contributed by atoms with Gasteiger partial charge in [0, 0.05) is 5.71 Å². The third-order valence-corrected chi connectivity index (χ3v) is 3.78. The van der Waals surface area contributed by atoms with E-state index >= 15 is 0 Å². The summed E-state index contributed by atoms with van der Waals surface area (Å²) < 4.78 is 23.7. The first kappa shape index (κ1) is 14.7. The topological polar surface area (TPSA) is 58.5 Å². The summed E-state index contributed by atoms with van der Waals surface area (Å²) in [6.45, 7) is 3.97. The van der Waals surface area contributed by atoms with Crippen molar-refractivity contribution in [2.45, 2.75) is 44.4 Å². The molecule has 0 aromatic heterocycles. The van der Waals surface area contributed by atoms with Crippen molar-refractivity contribution in [1.29, 1.82) is 0 Å². The number of hydrazone groups is 1. The molecule has 1 aromatic rings. The van der Waals surface area contributed by atoms with Crippen molar-refractivity contribution in [3.05, 3.63) is 30.3 Å². The minimum Gasteiger partial charge on any atom is -0.200 e. The highest BCUT2D eigenvalue weighted by Gasteiger charge is 2.11.